The Morgan fingerprint density at radius 3 is 2.73 bits per heavy atom. The summed E-state index contributed by atoms with van der Waals surface area (Å²) in [6, 6.07) is 15.3. The molecule has 0 aromatic heterocycles. The Hall–Kier alpha value is -2.62. The second-order valence-corrected chi connectivity index (χ2v) is 5.41. The monoisotopic (exact) mass is 294 g/mol. The summed E-state index contributed by atoms with van der Waals surface area (Å²) in [4.78, 5) is 23.3. The number of hydrogen-bond acceptors (Lipinski definition) is 2. The minimum atomic E-state index is -0.0502. The number of benzene rings is 2. The van der Waals surface area contributed by atoms with Crippen LogP contribution in [0.5, 0.6) is 0 Å². The molecular formula is C18H18N2O2. The van der Waals surface area contributed by atoms with Crippen LogP contribution in [0, 0.1) is 0 Å². The van der Waals surface area contributed by atoms with Crippen LogP contribution in [0.4, 0.5) is 5.69 Å². The van der Waals surface area contributed by atoms with Gasteiger partial charge in [-0.05, 0) is 42.2 Å². The molecular weight excluding hydrogens is 276 g/mol. The van der Waals surface area contributed by atoms with Crippen molar-refractivity contribution in [3.05, 3.63) is 65.2 Å². The fourth-order valence-corrected chi connectivity index (χ4v) is 2.60. The fourth-order valence-electron chi connectivity index (χ4n) is 2.60. The number of amides is 2. The Balaban J connectivity index is 1.56. The van der Waals surface area contributed by atoms with E-state index in [1.807, 2.05) is 30.3 Å². The first kappa shape index (κ1) is 14.3. The largest absolute Gasteiger partial charge is 0.352 e. The number of carbonyl (C=O) groups is 2. The van der Waals surface area contributed by atoms with Crippen LogP contribution < -0.4 is 10.6 Å². The van der Waals surface area contributed by atoms with Gasteiger partial charge in [0.2, 0.25) is 5.91 Å². The van der Waals surface area contributed by atoms with Gasteiger partial charge in [0.1, 0.15) is 0 Å². The van der Waals surface area contributed by atoms with Crippen molar-refractivity contribution in [2.45, 2.75) is 19.3 Å². The number of rotatable bonds is 4. The van der Waals surface area contributed by atoms with Gasteiger partial charge in [0, 0.05) is 24.2 Å². The zero-order valence-corrected chi connectivity index (χ0v) is 12.3. The number of anilines is 1. The Morgan fingerprint density at radius 2 is 1.91 bits per heavy atom. The average Bonchev–Trinajstić information content (AvgIpc) is 2.55. The molecule has 0 fully saturated rings. The van der Waals surface area contributed by atoms with E-state index in [-0.39, 0.29) is 11.8 Å². The number of nitrogens with one attached hydrogen (secondary N) is 2. The van der Waals surface area contributed by atoms with Crippen molar-refractivity contribution in [1.82, 2.24) is 5.32 Å². The molecule has 0 aliphatic carbocycles. The van der Waals surface area contributed by atoms with Crippen molar-refractivity contribution >= 4 is 17.5 Å². The maximum Gasteiger partial charge on any atom is 0.251 e. The lowest BCUT2D eigenvalue weighted by molar-refractivity contribution is -0.116. The maximum atomic E-state index is 11.9. The van der Waals surface area contributed by atoms with Gasteiger partial charge in [0.05, 0.1) is 0 Å². The molecule has 22 heavy (non-hydrogen) atoms. The Labute approximate surface area is 129 Å². The van der Waals surface area contributed by atoms with Crippen LogP contribution >= 0.6 is 0 Å². The summed E-state index contributed by atoms with van der Waals surface area (Å²) in [5, 5.41) is 5.80. The second kappa shape index (κ2) is 6.43. The molecule has 0 saturated heterocycles. The van der Waals surface area contributed by atoms with Gasteiger partial charge in [0.25, 0.3) is 5.91 Å². The highest BCUT2D eigenvalue weighted by atomic mass is 16.2. The van der Waals surface area contributed by atoms with E-state index in [9.17, 15) is 9.59 Å². The van der Waals surface area contributed by atoms with E-state index in [2.05, 4.69) is 16.7 Å². The molecule has 1 heterocycles. The number of hydrogen-bond donors (Lipinski definition) is 2. The van der Waals surface area contributed by atoms with Crippen molar-refractivity contribution in [2.75, 3.05) is 11.9 Å². The molecule has 0 saturated carbocycles. The molecule has 1 aliphatic heterocycles. The summed E-state index contributed by atoms with van der Waals surface area (Å²) in [5.74, 6) is 0.0289. The van der Waals surface area contributed by atoms with Crippen molar-refractivity contribution < 1.29 is 9.59 Å². The minimum absolute atomic E-state index is 0.0502. The Kier molecular flexibility index (Phi) is 4.19. The molecule has 4 nitrogen and oxygen atoms in total. The van der Waals surface area contributed by atoms with E-state index in [1.54, 1.807) is 12.1 Å². The smallest absolute Gasteiger partial charge is 0.251 e. The van der Waals surface area contributed by atoms with Gasteiger partial charge in [-0.3, -0.25) is 9.59 Å². The maximum absolute atomic E-state index is 11.9. The van der Waals surface area contributed by atoms with Crippen LogP contribution in [0.25, 0.3) is 0 Å². The molecule has 1 aliphatic rings. The predicted octanol–water partition coefficient (Wildman–Crippen LogP) is 2.54. The van der Waals surface area contributed by atoms with Crippen LogP contribution in [0.2, 0.25) is 0 Å². The molecule has 0 spiro atoms. The van der Waals surface area contributed by atoms with Crippen LogP contribution in [0.15, 0.2) is 48.5 Å². The van der Waals surface area contributed by atoms with Gasteiger partial charge in [-0.2, -0.15) is 0 Å². The highest BCUT2D eigenvalue weighted by Crippen LogP contribution is 2.23. The Bertz CT molecular complexity index is 695. The summed E-state index contributed by atoms with van der Waals surface area (Å²) in [6.45, 7) is 0.596. The molecule has 0 unspecified atom stereocenters. The lowest BCUT2D eigenvalue weighted by Crippen LogP contribution is -2.25. The van der Waals surface area contributed by atoms with E-state index >= 15 is 0 Å². The van der Waals surface area contributed by atoms with Crippen molar-refractivity contribution in [1.29, 1.82) is 0 Å². The van der Waals surface area contributed by atoms with E-state index in [0.717, 1.165) is 18.5 Å². The number of carbonyl (C=O) groups excluding carboxylic acids is 2. The van der Waals surface area contributed by atoms with Gasteiger partial charge in [-0.25, -0.2) is 0 Å². The normalized spacial score (nSPS) is 13.2. The third-order valence-electron chi connectivity index (χ3n) is 3.80. The van der Waals surface area contributed by atoms with Gasteiger partial charge in [0.15, 0.2) is 0 Å². The highest BCUT2D eigenvalue weighted by Gasteiger charge is 2.14. The molecule has 2 aromatic carbocycles. The van der Waals surface area contributed by atoms with Gasteiger partial charge in [-0.15, -0.1) is 0 Å². The van der Waals surface area contributed by atoms with Crippen molar-refractivity contribution in [3.8, 4) is 0 Å². The van der Waals surface area contributed by atoms with Crippen LogP contribution in [0.3, 0.4) is 0 Å². The van der Waals surface area contributed by atoms with E-state index in [4.69, 9.17) is 0 Å². The predicted molar refractivity (Wildman–Crippen MR) is 85.9 cm³/mol. The van der Waals surface area contributed by atoms with E-state index in [0.29, 0.717) is 18.5 Å². The minimum Gasteiger partial charge on any atom is -0.352 e. The first-order valence-electron chi connectivity index (χ1n) is 7.47. The fraction of sp³-hybridized carbons (Fsp3) is 0.222. The van der Waals surface area contributed by atoms with E-state index < -0.39 is 0 Å². The van der Waals surface area contributed by atoms with Crippen LogP contribution in [0.1, 0.15) is 27.9 Å². The third-order valence-corrected chi connectivity index (χ3v) is 3.80. The van der Waals surface area contributed by atoms with Crippen molar-refractivity contribution in [3.63, 3.8) is 0 Å². The molecule has 4 heteroatoms. The second-order valence-electron chi connectivity index (χ2n) is 5.41. The van der Waals surface area contributed by atoms with Gasteiger partial charge in [-0.1, -0.05) is 30.3 Å². The number of fused-ring (bicyclic) bond motifs is 1. The van der Waals surface area contributed by atoms with Gasteiger partial charge >= 0.3 is 0 Å². The summed E-state index contributed by atoms with van der Waals surface area (Å²) >= 11 is 0. The third kappa shape index (κ3) is 3.34. The van der Waals surface area contributed by atoms with E-state index in [1.165, 1.54) is 11.1 Å². The molecule has 3 rings (SSSR count). The standard InChI is InChI=1S/C18H18N2O2/c21-17-9-7-15-12-13(6-8-16(15)20-17)10-11-19-18(22)14-4-2-1-3-5-14/h1-6,8,12H,7,9-11H2,(H,19,22)(H,20,21). The quantitative estimate of drug-likeness (QED) is 0.910. The molecule has 2 aromatic rings. The molecule has 2 N–H and O–H groups in total. The highest BCUT2D eigenvalue weighted by molar-refractivity contribution is 5.94. The zero-order valence-electron chi connectivity index (χ0n) is 12.3. The topological polar surface area (TPSA) is 58.2 Å². The first-order chi connectivity index (χ1) is 10.7. The Morgan fingerprint density at radius 1 is 1.09 bits per heavy atom. The summed E-state index contributed by atoms with van der Waals surface area (Å²) in [6.07, 6.45) is 2.10. The molecule has 0 atom stereocenters. The molecule has 2 amide bonds. The van der Waals surface area contributed by atoms with Crippen LogP contribution in [-0.4, -0.2) is 18.4 Å². The van der Waals surface area contributed by atoms with Gasteiger partial charge < -0.3 is 10.6 Å². The number of aryl methyl sites for hydroxylation is 1. The van der Waals surface area contributed by atoms with Crippen molar-refractivity contribution in [2.24, 2.45) is 0 Å². The summed E-state index contributed by atoms with van der Waals surface area (Å²) in [7, 11) is 0. The first-order valence-corrected chi connectivity index (χ1v) is 7.47. The molecule has 0 bridgehead atoms. The SMILES string of the molecule is O=C1CCc2cc(CCNC(=O)c3ccccc3)ccc2N1. The lowest BCUT2D eigenvalue weighted by Gasteiger charge is -2.17. The summed E-state index contributed by atoms with van der Waals surface area (Å²) in [5.41, 5.74) is 3.93. The summed E-state index contributed by atoms with van der Waals surface area (Å²) < 4.78 is 0. The average molecular weight is 294 g/mol. The zero-order chi connectivity index (χ0) is 15.4. The van der Waals surface area contributed by atoms with Crippen LogP contribution in [-0.2, 0) is 17.6 Å². The molecule has 112 valence electrons. The lowest BCUT2D eigenvalue weighted by atomic mass is 9.99. The molecule has 0 radical (unpaired) electrons.